The first-order valence-corrected chi connectivity index (χ1v) is 15.3. The lowest BCUT2D eigenvalue weighted by atomic mass is 9.95. The van der Waals surface area contributed by atoms with Crippen LogP contribution in [0.1, 0.15) is 43.1 Å². The second kappa shape index (κ2) is 13.1. The van der Waals surface area contributed by atoms with Crippen molar-refractivity contribution in [1.82, 2.24) is 14.9 Å². The minimum absolute atomic E-state index is 0.0853. The quantitative estimate of drug-likeness (QED) is 0.162. The number of imidazole rings is 1. The van der Waals surface area contributed by atoms with Crippen molar-refractivity contribution in [3.05, 3.63) is 69.7 Å². The van der Waals surface area contributed by atoms with Gasteiger partial charge in [0.15, 0.2) is 0 Å². The van der Waals surface area contributed by atoms with E-state index < -0.39 is 29.6 Å². The first-order valence-electron chi connectivity index (χ1n) is 14.6. The maximum atomic E-state index is 14.3. The number of ether oxygens (including phenoxy) is 1. The van der Waals surface area contributed by atoms with E-state index in [0.717, 1.165) is 12.1 Å². The second-order valence-corrected chi connectivity index (χ2v) is 12.9. The molecule has 9 nitrogen and oxygen atoms in total. The number of hydrogen-bond acceptors (Lipinski definition) is 6. The van der Waals surface area contributed by atoms with Crippen LogP contribution in [0, 0.1) is 5.41 Å². The summed E-state index contributed by atoms with van der Waals surface area (Å²) in [6.45, 7) is 6.05. The van der Waals surface area contributed by atoms with E-state index >= 15 is 0 Å². The summed E-state index contributed by atoms with van der Waals surface area (Å²) < 4.78 is 57.6. The molecule has 5 rings (SSSR count). The number of alkyl halides is 4. The highest BCUT2D eigenvalue weighted by molar-refractivity contribution is 6.39. The average Bonchev–Trinajstić information content (AvgIpc) is 3.55. The fourth-order valence-electron chi connectivity index (χ4n) is 5.06. The summed E-state index contributed by atoms with van der Waals surface area (Å²) in [6.07, 6.45) is -5.63. The number of carbonyl (C=O) groups excluding carboxylic acids is 2. The molecule has 1 saturated heterocycles. The van der Waals surface area contributed by atoms with Crippen molar-refractivity contribution in [3.8, 4) is 5.75 Å². The fraction of sp³-hybridized carbons (Fsp3) is 0.344. The lowest BCUT2D eigenvalue weighted by molar-refractivity contribution is -0.274. The van der Waals surface area contributed by atoms with Gasteiger partial charge >= 0.3 is 6.36 Å². The molecule has 0 spiro atoms. The molecule has 2 amide bonds. The maximum absolute atomic E-state index is 14.3. The normalized spacial score (nSPS) is 15.2. The van der Waals surface area contributed by atoms with Gasteiger partial charge in [-0.3, -0.25) is 9.59 Å². The van der Waals surface area contributed by atoms with E-state index in [0.29, 0.717) is 51.9 Å². The maximum Gasteiger partial charge on any atom is 0.573 e. The molecule has 1 atom stereocenters. The molecule has 3 N–H and O–H groups in total. The van der Waals surface area contributed by atoms with Crippen molar-refractivity contribution in [2.75, 3.05) is 28.6 Å². The molecular weight excluding hydrogens is 663 g/mol. The van der Waals surface area contributed by atoms with E-state index in [4.69, 9.17) is 23.2 Å². The summed E-state index contributed by atoms with van der Waals surface area (Å²) in [5.41, 5.74) is 2.35. The van der Waals surface area contributed by atoms with Crippen LogP contribution in [0.25, 0.3) is 11.0 Å². The highest BCUT2D eigenvalue weighted by atomic mass is 35.5. The predicted molar refractivity (Wildman–Crippen MR) is 175 cm³/mol. The Balaban J connectivity index is 1.46. The molecule has 0 aliphatic carbocycles. The largest absolute Gasteiger partial charge is 0.573 e. The number of aryl methyl sites for hydroxylation is 1. The number of halogens is 6. The molecule has 1 aliphatic heterocycles. The van der Waals surface area contributed by atoms with Gasteiger partial charge in [-0.2, -0.15) is 0 Å². The predicted octanol–water partition coefficient (Wildman–Crippen LogP) is 7.99. The molecule has 1 aromatic heterocycles. The molecule has 15 heteroatoms. The minimum atomic E-state index is -4.85. The Bertz CT molecular complexity index is 1820. The number of carbonyl (C=O) groups is 2. The van der Waals surface area contributed by atoms with E-state index in [2.05, 4.69) is 25.7 Å². The lowest BCUT2D eigenvalue weighted by Crippen LogP contribution is -2.34. The van der Waals surface area contributed by atoms with Crippen molar-refractivity contribution in [1.29, 1.82) is 0 Å². The summed E-state index contributed by atoms with van der Waals surface area (Å²) >= 11 is 13.2. The van der Waals surface area contributed by atoms with Gasteiger partial charge in [-0.15, -0.1) is 13.2 Å². The molecular formula is C32H32Cl2F4N6O3. The van der Waals surface area contributed by atoms with E-state index in [1.807, 2.05) is 0 Å². The Morgan fingerprint density at radius 3 is 2.38 bits per heavy atom. The number of benzene rings is 3. The molecule has 0 unspecified atom stereocenters. The van der Waals surface area contributed by atoms with Crippen molar-refractivity contribution in [2.45, 2.75) is 46.3 Å². The molecule has 2 heterocycles. The number of hydrogen-bond donors (Lipinski definition) is 3. The van der Waals surface area contributed by atoms with Gasteiger partial charge in [0.1, 0.15) is 11.9 Å². The summed E-state index contributed by atoms with van der Waals surface area (Å²) in [6, 6.07) is 11.4. The number of amides is 2. The summed E-state index contributed by atoms with van der Waals surface area (Å²) in [5.74, 6) is -0.802. The smallest absolute Gasteiger partial charge is 0.406 e. The van der Waals surface area contributed by atoms with Crippen LogP contribution >= 0.6 is 23.2 Å². The van der Waals surface area contributed by atoms with Gasteiger partial charge in [-0.1, -0.05) is 50.0 Å². The van der Waals surface area contributed by atoms with Crippen LogP contribution in [0.5, 0.6) is 5.75 Å². The highest BCUT2D eigenvalue weighted by Crippen LogP contribution is 2.38. The summed E-state index contributed by atoms with van der Waals surface area (Å²) in [4.78, 5) is 32.4. The zero-order chi connectivity index (χ0) is 34.3. The van der Waals surface area contributed by atoms with Crippen molar-refractivity contribution >= 4 is 69.1 Å². The lowest BCUT2D eigenvalue weighted by Gasteiger charge is -2.21. The SMILES string of the molecule is Cn1c(Nc2c(Cl)ccc(CNC(=O)C(C)(C)C)c2Cl)nc2cc(C(=O)Nc3ccc(OC(F)(F)F)cc3)c(N3CC[C@@H](F)C3)cc21. The number of anilines is 4. The van der Waals surface area contributed by atoms with Crippen LogP contribution in [0.3, 0.4) is 0 Å². The van der Waals surface area contributed by atoms with Gasteiger partial charge < -0.3 is 30.2 Å². The fourth-order valence-corrected chi connectivity index (χ4v) is 5.59. The van der Waals surface area contributed by atoms with Gasteiger partial charge in [-0.05, 0) is 54.4 Å². The summed E-state index contributed by atoms with van der Waals surface area (Å²) in [5, 5.41) is 9.33. The third-order valence-corrected chi connectivity index (χ3v) is 8.34. The van der Waals surface area contributed by atoms with Crippen LogP contribution in [0.4, 0.5) is 40.6 Å². The molecule has 4 aromatic rings. The van der Waals surface area contributed by atoms with Gasteiger partial charge in [0.25, 0.3) is 5.91 Å². The average molecular weight is 696 g/mol. The molecule has 250 valence electrons. The van der Waals surface area contributed by atoms with Gasteiger partial charge in [-0.25, -0.2) is 9.37 Å². The number of rotatable bonds is 8. The van der Waals surface area contributed by atoms with E-state index in [1.54, 1.807) is 61.6 Å². The van der Waals surface area contributed by atoms with E-state index in [-0.39, 0.29) is 35.3 Å². The Labute approximate surface area is 278 Å². The molecule has 1 fully saturated rings. The van der Waals surface area contributed by atoms with E-state index in [1.165, 1.54) is 12.1 Å². The van der Waals surface area contributed by atoms with Crippen LogP contribution in [-0.2, 0) is 18.4 Å². The molecule has 3 aromatic carbocycles. The monoisotopic (exact) mass is 694 g/mol. The molecule has 0 bridgehead atoms. The molecule has 47 heavy (non-hydrogen) atoms. The van der Waals surface area contributed by atoms with Crippen LogP contribution in [0.2, 0.25) is 10.0 Å². The third-order valence-electron chi connectivity index (χ3n) is 7.59. The van der Waals surface area contributed by atoms with Crippen LogP contribution < -0.4 is 25.6 Å². The van der Waals surface area contributed by atoms with Crippen molar-refractivity contribution in [3.63, 3.8) is 0 Å². The second-order valence-electron chi connectivity index (χ2n) is 12.2. The Morgan fingerprint density at radius 2 is 1.77 bits per heavy atom. The highest BCUT2D eigenvalue weighted by Gasteiger charge is 2.31. The standard InChI is InChI=1S/C32H32Cl2F4N6O3/c1-31(2,3)29(46)39-15-17-5-10-22(33)27(26(17)34)42-30-41-23-13-21(24(14-25(23)43(30)4)44-12-11-18(35)16-44)28(45)40-19-6-8-20(9-7-19)47-32(36,37)38/h5-10,13-14,18H,11-12,15-16H2,1-4H3,(H,39,46)(H,40,45)(H,41,42)/t18-/m1/s1. The molecule has 0 radical (unpaired) electrons. The zero-order valence-electron chi connectivity index (χ0n) is 25.9. The number of nitrogens with one attached hydrogen (secondary N) is 3. The van der Waals surface area contributed by atoms with E-state index in [9.17, 15) is 27.2 Å². The zero-order valence-corrected chi connectivity index (χ0v) is 27.4. The van der Waals surface area contributed by atoms with Gasteiger partial charge in [0.2, 0.25) is 11.9 Å². The minimum Gasteiger partial charge on any atom is -0.406 e. The number of aromatic nitrogens is 2. The Kier molecular flexibility index (Phi) is 9.52. The topological polar surface area (TPSA) is 101 Å². The molecule has 1 aliphatic rings. The first kappa shape index (κ1) is 34.1. The Hall–Kier alpha value is -4.23. The van der Waals surface area contributed by atoms with Crippen LogP contribution in [0.15, 0.2) is 48.5 Å². The van der Waals surface area contributed by atoms with Crippen molar-refractivity contribution < 1.29 is 31.9 Å². The first-order chi connectivity index (χ1) is 22.0. The van der Waals surface area contributed by atoms with Crippen LogP contribution in [-0.4, -0.2) is 47.0 Å². The van der Waals surface area contributed by atoms with Gasteiger partial charge in [0, 0.05) is 37.8 Å². The number of fused-ring (bicyclic) bond motifs is 1. The Morgan fingerprint density at radius 1 is 1.06 bits per heavy atom. The third kappa shape index (κ3) is 7.84. The van der Waals surface area contributed by atoms with Gasteiger partial charge in [0.05, 0.1) is 38.0 Å². The number of nitrogens with zero attached hydrogens (tertiary/aromatic N) is 3. The molecule has 0 saturated carbocycles. The summed E-state index contributed by atoms with van der Waals surface area (Å²) in [7, 11) is 1.75. The van der Waals surface area contributed by atoms with Crippen molar-refractivity contribution in [2.24, 2.45) is 12.5 Å².